The third-order valence-electron chi connectivity index (χ3n) is 4.02. The molecule has 0 unspecified atom stereocenters. The number of hydrogen-bond acceptors (Lipinski definition) is 5. The zero-order valence-corrected chi connectivity index (χ0v) is 16.7. The number of nitrogens with one attached hydrogen (secondary N) is 1. The number of methoxy groups -OCH3 is 1. The van der Waals surface area contributed by atoms with Gasteiger partial charge >= 0.3 is 0 Å². The van der Waals surface area contributed by atoms with Gasteiger partial charge in [-0.3, -0.25) is 4.79 Å². The Morgan fingerprint density at radius 2 is 1.82 bits per heavy atom. The van der Waals surface area contributed by atoms with Gasteiger partial charge in [-0.15, -0.1) is 0 Å². The van der Waals surface area contributed by atoms with E-state index in [1.165, 1.54) is 24.6 Å². The van der Waals surface area contributed by atoms with E-state index in [1.54, 1.807) is 19.2 Å². The molecule has 6 nitrogen and oxygen atoms in total. The predicted molar refractivity (Wildman–Crippen MR) is 110 cm³/mol. The number of benzene rings is 2. The summed E-state index contributed by atoms with van der Waals surface area (Å²) in [5, 5.41) is 3.98. The molecule has 0 radical (unpaired) electrons. The molecule has 0 atom stereocenters. The Morgan fingerprint density at radius 3 is 2.50 bits per heavy atom. The molecule has 0 saturated heterocycles. The van der Waals surface area contributed by atoms with Crippen LogP contribution >= 0.6 is 0 Å². The van der Waals surface area contributed by atoms with E-state index in [-0.39, 0.29) is 12.5 Å². The van der Waals surface area contributed by atoms with Crippen molar-refractivity contribution in [1.82, 2.24) is 5.43 Å². The molecule has 1 amide bonds. The third-order valence-corrected chi connectivity index (χ3v) is 4.02. The second kappa shape index (κ2) is 11.6. The van der Waals surface area contributed by atoms with Crippen molar-refractivity contribution in [2.75, 3.05) is 20.3 Å². The maximum absolute atomic E-state index is 11.9. The average Bonchev–Trinajstić information content (AvgIpc) is 2.72. The largest absolute Gasteiger partial charge is 0.497 e. The van der Waals surface area contributed by atoms with E-state index in [2.05, 4.69) is 17.5 Å². The predicted octanol–water partition coefficient (Wildman–Crippen LogP) is 3.97. The van der Waals surface area contributed by atoms with Crippen LogP contribution in [0.2, 0.25) is 0 Å². The number of hydrazone groups is 1. The fourth-order valence-electron chi connectivity index (χ4n) is 2.53. The molecule has 0 bridgehead atoms. The van der Waals surface area contributed by atoms with Gasteiger partial charge in [0.1, 0.15) is 17.2 Å². The van der Waals surface area contributed by atoms with Crippen LogP contribution in [0.5, 0.6) is 17.2 Å². The summed E-state index contributed by atoms with van der Waals surface area (Å²) < 4.78 is 16.3. The molecule has 1 N–H and O–H groups in total. The van der Waals surface area contributed by atoms with Gasteiger partial charge in [0.25, 0.3) is 5.91 Å². The number of amides is 1. The summed E-state index contributed by atoms with van der Waals surface area (Å²) in [5.41, 5.74) is 4.44. The number of hydrogen-bond donors (Lipinski definition) is 1. The van der Waals surface area contributed by atoms with E-state index in [0.29, 0.717) is 29.4 Å². The van der Waals surface area contributed by atoms with Gasteiger partial charge in [-0.2, -0.15) is 5.10 Å². The van der Waals surface area contributed by atoms with E-state index < -0.39 is 0 Å². The number of carbonyl (C=O) groups excluding carboxylic acids is 1. The highest BCUT2D eigenvalue weighted by Crippen LogP contribution is 2.22. The summed E-state index contributed by atoms with van der Waals surface area (Å²) in [6.45, 7) is 4.50. The van der Waals surface area contributed by atoms with Crippen molar-refractivity contribution in [1.29, 1.82) is 0 Å². The molecular formula is C22H28N2O4. The molecule has 2 aromatic carbocycles. The third kappa shape index (κ3) is 6.95. The summed E-state index contributed by atoms with van der Waals surface area (Å²) in [6, 6.07) is 13.2. The van der Waals surface area contributed by atoms with E-state index >= 15 is 0 Å². The second-order valence-corrected chi connectivity index (χ2v) is 6.17. The molecule has 0 heterocycles. The highest BCUT2D eigenvalue weighted by molar-refractivity contribution is 5.86. The molecular weight excluding hydrogens is 356 g/mol. The van der Waals surface area contributed by atoms with Gasteiger partial charge in [-0.1, -0.05) is 25.5 Å². The summed E-state index contributed by atoms with van der Waals surface area (Å²) in [7, 11) is 1.59. The topological polar surface area (TPSA) is 69.2 Å². The zero-order valence-electron chi connectivity index (χ0n) is 16.7. The van der Waals surface area contributed by atoms with Crippen LogP contribution in [0.25, 0.3) is 0 Å². The lowest BCUT2D eigenvalue weighted by Gasteiger charge is -2.09. The molecule has 0 aromatic heterocycles. The molecule has 0 aliphatic carbocycles. The maximum atomic E-state index is 11.9. The quantitative estimate of drug-likeness (QED) is 0.470. The summed E-state index contributed by atoms with van der Waals surface area (Å²) >= 11 is 0. The smallest absolute Gasteiger partial charge is 0.277 e. The van der Waals surface area contributed by atoms with Crippen molar-refractivity contribution in [2.24, 2.45) is 5.10 Å². The van der Waals surface area contributed by atoms with Gasteiger partial charge in [0.15, 0.2) is 6.61 Å². The molecule has 28 heavy (non-hydrogen) atoms. The van der Waals surface area contributed by atoms with Gasteiger partial charge in [0.2, 0.25) is 0 Å². The summed E-state index contributed by atoms with van der Waals surface area (Å²) in [4.78, 5) is 11.9. The average molecular weight is 384 g/mol. The first-order valence-corrected chi connectivity index (χ1v) is 9.50. The lowest BCUT2D eigenvalue weighted by molar-refractivity contribution is -0.123. The first-order valence-electron chi connectivity index (χ1n) is 9.50. The molecule has 2 aromatic rings. The Kier molecular flexibility index (Phi) is 8.85. The molecule has 150 valence electrons. The van der Waals surface area contributed by atoms with E-state index in [1.807, 2.05) is 37.3 Å². The minimum atomic E-state index is -0.341. The molecule has 0 saturated carbocycles. The van der Waals surface area contributed by atoms with E-state index in [4.69, 9.17) is 14.2 Å². The van der Waals surface area contributed by atoms with Gasteiger partial charge in [-0.25, -0.2) is 5.43 Å². The monoisotopic (exact) mass is 384 g/mol. The van der Waals surface area contributed by atoms with Crippen molar-refractivity contribution in [3.8, 4) is 17.2 Å². The zero-order chi connectivity index (χ0) is 20.2. The fraction of sp³-hybridized carbons (Fsp3) is 0.364. The lowest BCUT2D eigenvalue weighted by Crippen LogP contribution is -2.24. The van der Waals surface area contributed by atoms with Gasteiger partial charge in [-0.05, 0) is 55.7 Å². The SMILES string of the molecule is CCCCc1ccc(OCC(=O)NN=Cc2cc(OC)ccc2OCC)cc1. The summed E-state index contributed by atoms with van der Waals surface area (Å²) in [6.07, 6.45) is 4.91. The Labute approximate surface area is 166 Å². The van der Waals surface area contributed by atoms with Crippen molar-refractivity contribution in [3.05, 3.63) is 53.6 Å². The Bertz CT molecular complexity index is 773. The van der Waals surface area contributed by atoms with Crippen LogP contribution in [0.3, 0.4) is 0 Å². The Hall–Kier alpha value is -3.02. The van der Waals surface area contributed by atoms with Crippen molar-refractivity contribution >= 4 is 12.1 Å². The number of nitrogens with zero attached hydrogens (tertiary/aromatic N) is 1. The van der Waals surface area contributed by atoms with Crippen LogP contribution in [0.4, 0.5) is 0 Å². The minimum absolute atomic E-state index is 0.109. The van der Waals surface area contributed by atoms with Crippen LogP contribution < -0.4 is 19.6 Å². The molecule has 2 rings (SSSR count). The fourth-order valence-corrected chi connectivity index (χ4v) is 2.53. The van der Waals surface area contributed by atoms with Gasteiger partial charge in [0, 0.05) is 5.56 Å². The molecule has 0 aliphatic heterocycles. The van der Waals surface area contributed by atoms with Crippen molar-refractivity contribution < 1.29 is 19.0 Å². The maximum Gasteiger partial charge on any atom is 0.277 e. The highest BCUT2D eigenvalue weighted by Gasteiger charge is 2.05. The standard InChI is InChI=1S/C22H28N2O4/c1-4-6-7-17-8-10-19(11-9-17)28-16-22(25)24-23-15-18-14-20(26-3)12-13-21(18)27-5-2/h8-15H,4-7,16H2,1-3H3,(H,24,25). The van der Waals surface area contributed by atoms with Crippen LogP contribution in [0, 0.1) is 0 Å². The first-order chi connectivity index (χ1) is 13.7. The lowest BCUT2D eigenvalue weighted by atomic mass is 10.1. The Morgan fingerprint density at radius 1 is 1.07 bits per heavy atom. The first kappa shape index (κ1) is 21.3. The number of aryl methyl sites for hydroxylation is 1. The number of rotatable bonds is 11. The van der Waals surface area contributed by atoms with Crippen LogP contribution in [0.15, 0.2) is 47.6 Å². The minimum Gasteiger partial charge on any atom is -0.497 e. The van der Waals surface area contributed by atoms with E-state index in [9.17, 15) is 4.79 Å². The van der Waals surface area contributed by atoms with Crippen molar-refractivity contribution in [3.63, 3.8) is 0 Å². The van der Waals surface area contributed by atoms with Gasteiger partial charge < -0.3 is 14.2 Å². The molecule has 0 fully saturated rings. The second-order valence-electron chi connectivity index (χ2n) is 6.17. The van der Waals surface area contributed by atoms with E-state index in [0.717, 1.165) is 6.42 Å². The number of carbonyl (C=O) groups is 1. The Balaban J connectivity index is 1.85. The van der Waals surface area contributed by atoms with Crippen LogP contribution in [-0.4, -0.2) is 32.4 Å². The van der Waals surface area contributed by atoms with Gasteiger partial charge in [0.05, 0.1) is 19.9 Å². The van der Waals surface area contributed by atoms with Crippen LogP contribution in [0.1, 0.15) is 37.8 Å². The number of unbranched alkanes of at least 4 members (excludes halogenated alkanes) is 1. The number of ether oxygens (including phenoxy) is 3. The van der Waals surface area contributed by atoms with Crippen LogP contribution in [-0.2, 0) is 11.2 Å². The highest BCUT2D eigenvalue weighted by atomic mass is 16.5. The summed E-state index contributed by atoms with van der Waals surface area (Å²) in [5.74, 6) is 1.67. The molecule has 0 spiro atoms. The van der Waals surface area contributed by atoms with Crippen molar-refractivity contribution in [2.45, 2.75) is 33.1 Å². The molecule has 6 heteroatoms. The molecule has 0 aliphatic rings. The normalized spacial score (nSPS) is 10.7.